The van der Waals surface area contributed by atoms with Crippen LogP contribution < -0.4 is 10.2 Å². The lowest BCUT2D eigenvalue weighted by atomic mass is 9.79. The lowest BCUT2D eigenvalue weighted by molar-refractivity contribution is 0.0179. The number of rotatable bonds is 6. The zero-order valence-corrected chi connectivity index (χ0v) is 14.0. The van der Waals surface area contributed by atoms with Crippen molar-refractivity contribution in [2.24, 2.45) is 5.41 Å². The molecule has 0 radical (unpaired) electrons. The van der Waals surface area contributed by atoms with Crippen LogP contribution in [0, 0.1) is 12.3 Å². The molecular weight excluding hydrogens is 260 g/mol. The van der Waals surface area contributed by atoms with Gasteiger partial charge in [-0.05, 0) is 37.5 Å². The van der Waals surface area contributed by atoms with Gasteiger partial charge in [0, 0.05) is 50.5 Å². The van der Waals surface area contributed by atoms with Gasteiger partial charge in [-0.15, -0.1) is 0 Å². The summed E-state index contributed by atoms with van der Waals surface area (Å²) >= 11 is 0. The Morgan fingerprint density at radius 1 is 1.29 bits per heavy atom. The van der Waals surface area contributed by atoms with Crippen molar-refractivity contribution in [3.05, 3.63) is 29.8 Å². The molecule has 0 atom stereocenters. The lowest BCUT2D eigenvalue weighted by Gasteiger charge is -2.41. The van der Waals surface area contributed by atoms with Crippen molar-refractivity contribution in [2.75, 3.05) is 38.3 Å². The molecule has 3 nitrogen and oxygen atoms in total. The normalized spacial score (nSPS) is 18.0. The molecule has 0 amide bonds. The Morgan fingerprint density at radius 2 is 2.00 bits per heavy atom. The van der Waals surface area contributed by atoms with E-state index in [1.807, 2.05) is 0 Å². The monoisotopic (exact) mass is 290 g/mol. The predicted octanol–water partition coefficient (Wildman–Crippen LogP) is 3.23. The molecule has 0 aromatic heterocycles. The summed E-state index contributed by atoms with van der Waals surface area (Å²) in [7, 11) is 2.21. The van der Waals surface area contributed by atoms with Gasteiger partial charge < -0.3 is 15.0 Å². The molecule has 0 saturated carbocycles. The Morgan fingerprint density at radius 3 is 2.62 bits per heavy atom. The summed E-state index contributed by atoms with van der Waals surface area (Å²) in [6.45, 7) is 10.5. The number of nitrogens with one attached hydrogen (secondary N) is 1. The Bertz CT molecular complexity index is 439. The van der Waals surface area contributed by atoms with Gasteiger partial charge in [0.2, 0.25) is 0 Å². The van der Waals surface area contributed by atoms with Crippen LogP contribution in [0.1, 0.15) is 32.3 Å². The number of hydrogen-bond donors (Lipinski definition) is 1. The predicted molar refractivity (Wildman–Crippen MR) is 90.1 cm³/mol. The van der Waals surface area contributed by atoms with E-state index in [1.165, 1.54) is 11.3 Å². The van der Waals surface area contributed by atoms with Gasteiger partial charge in [-0.25, -0.2) is 0 Å². The van der Waals surface area contributed by atoms with Gasteiger partial charge in [-0.2, -0.15) is 0 Å². The van der Waals surface area contributed by atoms with Crippen LogP contribution in [0.2, 0.25) is 0 Å². The molecule has 1 aromatic rings. The molecule has 1 aromatic carbocycles. The first kappa shape index (κ1) is 16.3. The van der Waals surface area contributed by atoms with E-state index in [0.29, 0.717) is 11.5 Å². The molecule has 118 valence electrons. The Labute approximate surface area is 129 Å². The van der Waals surface area contributed by atoms with Gasteiger partial charge in [-0.1, -0.05) is 26.0 Å². The smallest absolute Gasteiger partial charge is 0.0472 e. The van der Waals surface area contributed by atoms with Crippen molar-refractivity contribution in [3.8, 4) is 0 Å². The first-order valence-electron chi connectivity index (χ1n) is 8.10. The first-order valence-corrected chi connectivity index (χ1v) is 8.10. The maximum atomic E-state index is 5.59. The lowest BCUT2D eigenvalue weighted by Crippen LogP contribution is -2.47. The van der Waals surface area contributed by atoms with Crippen LogP contribution in [-0.2, 0) is 4.74 Å². The summed E-state index contributed by atoms with van der Waals surface area (Å²) in [4.78, 5) is 2.40. The second-order valence-corrected chi connectivity index (χ2v) is 6.84. The summed E-state index contributed by atoms with van der Waals surface area (Å²) in [6, 6.07) is 9.30. The minimum Gasteiger partial charge on any atom is -0.381 e. The second kappa shape index (κ2) is 7.28. The van der Waals surface area contributed by atoms with Gasteiger partial charge >= 0.3 is 0 Å². The van der Waals surface area contributed by atoms with Crippen molar-refractivity contribution in [1.29, 1.82) is 0 Å². The number of ether oxygens (including phenoxy) is 1. The van der Waals surface area contributed by atoms with Gasteiger partial charge in [0.25, 0.3) is 0 Å². The van der Waals surface area contributed by atoms with Crippen molar-refractivity contribution in [1.82, 2.24) is 5.32 Å². The number of nitrogens with zero attached hydrogens (tertiary/aromatic N) is 1. The average molecular weight is 290 g/mol. The van der Waals surface area contributed by atoms with E-state index in [4.69, 9.17) is 4.74 Å². The van der Waals surface area contributed by atoms with Crippen LogP contribution in [0.15, 0.2) is 24.3 Å². The van der Waals surface area contributed by atoms with Gasteiger partial charge in [0.05, 0.1) is 0 Å². The van der Waals surface area contributed by atoms with E-state index in [2.05, 4.69) is 62.3 Å². The van der Waals surface area contributed by atoms with E-state index in [9.17, 15) is 0 Å². The third kappa shape index (κ3) is 4.72. The van der Waals surface area contributed by atoms with Crippen molar-refractivity contribution >= 4 is 5.69 Å². The summed E-state index contributed by atoms with van der Waals surface area (Å²) < 4.78 is 5.59. The highest BCUT2D eigenvalue weighted by Gasteiger charge is 2.33. The molecule has 1 fully saturated rings. The molecule has 1 saturated heterocycles. The van der Waals surface area contributed by atoms with Gasteiger partial charge in [0.15, 0.2) is 0 Å². The van der Waals surface area contributed by atoms with Crippen molar-refractivity contribution in [3.63, 3.8) is 0 Å². The zero-order chi connectivity index (χ0) is 15.3. The SMILES string of the molecule is Cc1cccc(N(C)CC2(CNC(C)C)CCOCC2)c1. The van der Waals surface area contributed by atoms with Crippen LogP contribution in [0.25, 0.3) is 0 Å². The minimum absolute atomic E-state index is 0.320. The van der Waals surface area contributed by atoms with Crippen LogP contribution >= 0.6 is 0 Å². The second-order valence-electron chi connectivity index (χ2n) is 6.84. The maximum absolute atomic E-state index is 5.59. The summed E-state index contributed by atoms with van der Waals surface area (Å²) in [5.74, 6) is 0. The summed E-state index contributed by atoms with van der Waals surface area (Å²) in [6.07, 6.45) is 2.28. The third-order valence-electron chi connectivity index (χ3n) is 4.45. The Balaban J connectivity index is 2.06. The summed E-state index contributed by atoms with van der Waals surface area (Å²) in [5, 5.41) is 3.64. The fourth-order valence-corrected chi connectivity index (χ4v) is 3.08. The molecule has 21 heavy (non-hydrogen) atoms. The van der Waals surface area contributed by atoms with E-state index in [0.717, 1.165) is 39.1 Å². The third-order valence-corrected chi connectivity index (χ3v) is 4.45. The average Bonchev–Trinajstić information content (AvgIpc) is 2.46. The molecule has 2 rings (SSSR count). The largest absolute Gasteiger partial charge is 0.381 e. The number of anilines is 1. The Kier molecular flexibility index (Phi) is 5.65. The molecular formula is C18H30N2O. The standard InChI is InChI=1S/C18H30N2O/c1-15(2)19-13-18(8-10-21-11-9-18)14-20(4)17-7-5-6-16(3)12-17/h5-7,12,15,19H,8-11,13-14H2,1-4H3. The molecule has 1 aliphatic rings. The van der Waals surface area contributed by atoms with E-state index < -0.39 is 0 Å². The molecule has 0 bridgehead atoms. The number of benzene rings is 1. The highest BCUT2D eigenvalue weighted by molar-refractivity contribution is 5.47. The van der Waals surface area contributed by atoms with E-state index in [-0.39, 0.29) is 0 Å². The quantitative estimate of drug-likeness (QED) is 0.870. The van der Waals surface area contributed by atoms with Crippen molar-refractivity contribution in [2.45, 2.75) is 39.7 Å². The van der Waals surface area contributed by atoms with Gasteiger partial charge in [0.1, 0.15) is 0 Å². The molecule has 1 aliphatic heterocycles. The van der Waals surface area contributed by atoms with E-state index in [1.54, 1.807) is 0 Å². The minimum atomic E-state index is 0.320. The molecule has 0 aliphatic carbocycles. The van der Waals surface area contributed by atoms with Gasteiger partial charge in [-0.3, -0.25) is 0 Å². The zero-order valence-electron chi connectivity index (χ0n) is 14.0. The number of aryl methyl sites for hydroxylation is 1. The topological polar surface area (TPSA) is 24.5 Å². The van der Waals surface area contributed by atoms with Crippen LogP contribution in [0.3, 0.4) is 0 Å². The highest BCUT2D eigenvalue weighted by Crippen LogP contribution is 2.32. The molecule has 0 unspecified atom stereocenters. The Hall–Kier alpha value is -1.06. The molecule has 1 N–H and O–H groups in total. The molecule has 1 heterocycles. The summed E-state index contributed by atoms with van der Waals surface area (Å²) in [5.41, 5.74) is 2.95. The number of hydrogen-bond acceptors (Lipinski definition) is 3. The highest BCUT2D eigenvalue weighted by atomic mass is 16.5. The fourth-order valence-electron chi connectivity index (χ4n) is 3.08. The fraction of sp³-hybridized carbons (Fsp3) is 0.667. The maximum Gasteiger partial charge on any atom is 0.0472 e. The van der Waals surface area contributed by atoms with E-state index >= 15 is 0 Å². The van der Waals surface area contributed by atoms with Crippen LogP contribution in [-0.4, -0.2) is 39.4 Å². The molecule has 3 heteroatoms. The molecule has 0 spiro atoms. The van der Waals surface area contributed by atoms with Crippen LogP contribution in [0.4, 0.5) is 5.69 Å². The first-order chi connectivity index (χ1) is 10.0. The van der Waals surface area contributed by atoms with Crippen LogP contribution in [0.5, 0.6) is 0 Å². The van der Waals surface area contributed by atoms with Crippen molar-refractivity contribution < 1.29 is 4.74 Å².